The molecule has 3 N–H and O–H groups in total. The highest BCUT2D eigenvalue weighted by atomic mass is 16.5. The van der Waals surface area contributed by atoms with Gasteiger partial charge in [0.05, 0.1) is 0 Å². The van der Waals surface area contributed by atoms with Crippen molar-refractivity contribution in [3.63, 3.8) is 0 Å². The molecule has 0 aliphatic rings. The molecule has 0 spiro atoms. The lowest BCUT2D eigenvalue weighted by molar-refractivity contribution is -0.120. The van der Waals surface area contributed by atoms with Crippen molar-refractivity contribution in [2.24, 2.45) is 0 Å². The maximum absolute atomic E-state index is 12.0. The quantitative estimate of drug-likeness (QED) is 0.579. The van der Waals surface area contributed by atoms with E-state index < -0.39 is 0 Å². The molecule has 0 radical (unpaired) electrons. The Labute approximate surface area is 164 Å². The summed E-state index contributed by atoms with van der Waals surface area (Å²) < 4.78 is 5.46. The van der Waals surface area contributed by atoms with E-state index in [1.165, 1.54) is 0 Å². The fourth-order valence-corrected chi connectivity index (χ4v) is 2.36. The molecule has 0 saturated carbocycles. The van der Waals surface area contributed by atoms with Crippen LogP contribution >= 0.6 is 0 Å². The molecule has 0 unspecified atom stereocenters. The molecule has 2 aromatic rings. The minimum Gasteiger partial charge on any atom is -0.484 e. The summed E-state index contributed by atoms with van der Waals surface area (Å²) in [5.74, 6) is 0.0507. The summed E-state index contributed by atoms with van der Waals surface area (Å²) >= 11 is 0. The van der Waals surface area contributed by atoms with E-state index in [1.807, 2.05) is 25.1 Å². The van der Waals surface area contributed by atoms with Crippen LogP contribution in [0, 0.1) is 6.92 Å². The molecule has 0 atom stereocenters. The molecular formula is C21H25N3O4. The molecule has 148 valence electrons. The Morgan fingerprint density at radius 3 is 2.32 bits per heavy atom. The first kappa shape index (κ1) is 21.0. The van der Waals surface area contributed by atoms with Gasteiger partial charge in [0.1, 0.15) is 5.75 Å². The Morgan fingerprint density at radius 1 is 0.929 bits per heavy atom. The topological polar surface area (TPSA) is 96.5 Å². The number of rotatable bonds is 9. The number of aryl methyl sites for hydroxylation is 1. The van der Waals surface area contributed by atoms with E-state index in [2.05, 4.69) is 16.0 Å². The van der Waals surface area contributed by atoms with Gasteiger partial charge in [-0.05, 0) is 48.9 Å². The molecule has 0 bridgehead atoms. The number of hydrogen-bond acceptors (Lipinski definition) is 4. The van der Waals surface area contributed by atoms with Crippen molar-refractivity contribution in [3.05, 3.63) is 59.7 Å². The number of carbonyl (C=O) groups excluding carboxylic acids is 3. The molecular weight excluding hydrogens is 358 g/mol. The minimum atomic E-state index is -0.287. The molecule has 0 saturated heterocycles. The Kier molecular flexibility index (Phi) is 8.02. The molecule has 2 aromatic carbocycles. The second kappa shape index (κ2) is 10.7. The third-order valence-corrected chi connectivity index (χ3v) is 3.84. The lowest BCUT2D eigenvalue weighted by Crippen LogP contribution is -2.34. The molecule has 0 aliphatic heterocycles. The van der Waals surface area contributed by atoms with Gasteiger partial charge in [0.15, 0.2) is 6.61 Å². The van der Waals surface area contributed by atoms with E-state index in [-0.39, 0.29) is 24.3 Å². The van der Waals surface area contributed by atoms with Crippen molar-refractivity contribution >= 4 is 23.4 Å². The average Bonchev–Trinajstić information content (AvgIpc) is 2.70. The highest BCUT2D eigenvalue weighted by molar-refractivity contribution is 5.96. The number of carbonyl (C=O) groups is 3. The van der Waals surface area contributed by atoms with Crippen molar-refractivity contribution < 1.29 is 19.1 Å². The molecule has 0 heterocycles. The Balaban J connectivity index is 1.76. The van der Waals surface area contributed by atoms with Crippen molar-refractivity contribution in [2.75, 3.05) is 25.0 Å². The highest BCUT2D eigenvalue weighted by Crippen LogP contribution is 2.13. The van der Waals surface area contributed by atoms with Crippen LogP contribution in [0.1, 0.15) is 29.3 Å². The zero-order valence-corrected chi connectivity index (χ0v) is 16.1. The molecule has 0 aliphatic carbocycles. The van der Waals surface area contributed by atoms with Crippen LogP contribution < -0.4 is 20.7 Å². The van der Waals surface area contributed by atoms with Crippen molar-refractivity contribution in [1.29, 1.82) is 0 Å². The average molecular weight is 383 g/mol. The first-order chi connectivity index (χ1) is 13.5. The predicted octanol–water partition coefficient (Wildman–Crippen LogP) is 2.27. The van der Waals surface area contributed by atoms with Gasteiger partial charge in [0.25, 0.3) is 11.8 Å². The smallest absolute Gasteiger partial charge is 0.262 e. The molecule has 0 aromatic heterocycles. The maximum atomic E-state index is 12.0. The van der Waals surface area contributed by atoms with E-state index in [4.69, 9.17) is 4.74 Å². The molecule has 28 heavy (non-hydrogen) atoms. The Morgan fingerprint density at radius 2 is 1.64 bits per heavy atom. The first-order valence-corrected chi connectivity index (χ1v) is 9.12. The van der Waals surface area contributed by atoms with Gasteiger partial charge in [-0.15, -0.1) is 0 Å². The number of ether oxygens (including phenoxy) is 1. The van der Waals surface area contributed by atoms with Gasteiger partial charge in [-0.25, -0.2) is 0 Å². The van der Waals surface area contributed by atoms with Crippen LogP contribution in [-0.4, -0.2) is 37.4 Å². The third-order valence-electron chi connectivity index (χ3n) is 3.84. The van der Waals surface area contributed by atoms with Crippen LogP contribution in [0.25, 0.3) is 0 Å². The van der Waals surface area contributed by atoms with Gasteiger partial charge in [-0.2, -0.15) is 0 Å². The number of amides is 3. The van der Waals surface area contributed by atoms with Crippen LogP contribution in [-0.2, 0) is 9.59 Å². The second-order valence-electron chi connectivity index (χ2n) is 6.19. The highest BCUT2D eigenvalue weighted by Gasteiger charge is 2.07. The predicted molar refractivity (Wildman–Crippen MR) is 107 cm³/mol. The normalized spacial score (nSPS) is 10.1. The van der Waals surface area contributed by atoms with Gasteiger partial charge >= 0.3 is 0 Å². The van der Waals surface area contributed by atoms with Crippen LogP contribution in [0.15, 0.2) is 48.5 Å². The largest absolute Gasteiger partial charge is 0.484 e. The molecule has 3 amide bonds. The summed E-state index contributed by atoms with van der Waals surface area (Å²) in [6.45, 7) is 4.34. The lowest BCUT2D eigenvalue weighted by Gasteiger charge is -2.09. The minimum absolute atomic E-state index is 0.0549. The SMILES string of the molecule is CCC(=O)NCCNC(=O)c1ccc(NC(=O)COc2cccc(C)c2)cc1. The fraction of sp³-hybridized carbons (Fsp3) is 0.286. The Hall–Kier alpha value is -3.35. The Bertz CT molecular complexity index is 819. The molecule has 7 nitrogen and oxygen atoms in total. The van der Waals surface area contributed by atoms with Gasteiger partial charge < -0.3 is 20.7 Å². The van der Waals surface area contributed by atoms with E-state index in [9.17, 15) is 14.4 Å². The number of hydrogen-bond donors (Lipinski definition) is 3. The summed E-state index contributed by atoms with van der Waals surface area (Å²) in [5.41, 5.74) is 2.10. The van der Waals surface area contributed by atoms with E-state index >= 15 is 0 Å². The van der Waals surface area contributed by atoms with Crippen LogP contribution in [0.5, 0.6) is 5.75 Å². The maximum Gasteiger partial charge on any atom is 0.262 e. The summed E-state index contributed by atoms with van der Waals surface area (Å²) in [6, 6.07) is 14.0. The van der Waals surface area contributed by atoms with Gasteiger partial charge in [-0.3, -0.25) is 14.4 Å². The van der Waals surface area contributed by atoms with Gasteiger partial charge in [0, 0.05) is 30.8 Å². The molecule has 0 fully saturated rings. The summed E-state index contributed by atoms with van der Waals surface area (Å²) in [7, 11) is 0. The zero-order chi connectivity index (χ0) is 20.4. The first-order valence-electron chi connectivity index (χ1n) is 9.12. The second-order valence-corrected chi connectivity index (χ2v) is 6.19. The third kappa shape index (κ3) is 7.11. The van der Waals surface area contributed by atoms with Crippen LogP contribution in [0.2, 0.25) is 0 Å². The standard InChI is InChI=1S/C21H25N3O4/c1-3-19(25)22-11-12-23-21(27)16-7-9-17(10-8-16)24-20(26)14-28-18-6-4-5-15(2)13-18/h4-10,13H,3,11-12,14H2,1-2H3,(H,22,25)(H,23,27)(H,24,26). The summed E-state index contributed by atoms with van der Waals surface area (Å²) in [4.78, 5) is 35.2. The van der Waals surface area contributed by atoms with Crippen molar-refractivity contribution in [1.82, 2.24) is 10.6 Å². The van der Waals surface area contributed by atoms with Crippen molar-refractivity contribution in [2.45, 2.75) is 20.3 Å². The van der Waals surface area contributed by atoms with E-state index in [0.29, 0.717) is 36.5 Å². The monoisotopic (exact) mass is 383 g/mol. The van der Waals surface area contributed by atoms with Gasteiger partial charge in [0.2, 0.25) is 5.91 Å². The van der Waals surface area contributed by atoms with Crippen LogP contribution in [0.3, 0.4) is 0 Å². The van der Waals surface area contributed by atoms with Crippen LogP contribution in [0.4, 0.5) is 5.69 Å². The zero-order valence-electron chi connectivity index (χ0n) is 16.1. The summed E-state index contributed by atoms with van der Waals surface area (Å²) in [6.07, 6.45) is 0.414. The van der Waals surface area contributed by atoms with E-state index in [0.717, 1.165) is 5.56 Å². The lowest BCUT2D eigenvalue weighted by atomic mass is 10.2. The molecule has 7 heteroatoms. The number of nitrogens with one attached hydrogen (secondary N) is 3. The van der Waals surface area contributed by atoms with Crippen molar-refractivity contribution in [3.8, 4) is 5.75 Å². The summed E-state index contributed by atoms with van der Waals surface area (Å²) in [5, 5.41) is 8.13. The van der Waals surface area contributed by atoms with Gasteiger partial charge in [-0.1, -0.05) is 19.1 Å². The van der Waals surface area contributed by atoms with E-state index in [1.54, 1.807) is 37.3 Å². The number of benzene rings is 2. The molecule has 2 rings (SSSR count). The fourth-order valence-electron chi connectivity index (χ4n) is 2.36. The number of anilines is 1.